The first-order chi connectivity index (χ1) is 12.6. The summed E-state index contributed by atoms with van der Waals surface area (Å²) in [5.41, 5.74) is 1.32. The molecule has 6 nitrogen and oxygen atoms in total. The van der Waals surface area contributed by atoms with Gasteiger partial charge in [0.1, 0.15) is 0 Å². The Hall–Kier alpha value is -1.60. The summed E-state index contributed by atoms with van der Waals surface area (Å²) >= 11 is 0. The largest absolute Gasteiger partial charge is 0.356 e. The first-order valence-corrected chi connectivity index (χ1v) is 11.3. The molecule has 2 unspecified atom stereocenters. The van der Waals surface area contributed by atoms with Gasteiger partial charge in [0.2, 0.25) is 0 Å². The number of sulfone groups is 1. The predicted octanol–water partition coefficient (Wildman–Crippen LogP) is 1.42. The van der Waals surface area contributed by atoms with Crippen molar-refractivity contribution >= 4 is 15.8 Å². The molecule has 2 aliphatic heterocycles. The molecule has 0 radical (unpaired) electrons. The molecule has 0 aliphatic carbocycles. The van der Waals surface area contributed by atoms with Crippen molar-refractivity contribution in [3.8, 4) is 0 Å². The van der Waals surface area contributed by atoms with E-state index < -0.39 is 9.84 Å². The lowest BCUT2D eigenvalue weighted by atomic mass is 10.1. The quantitative estimate of drug-likeness (QED) is 0.579. The summed E-state index contributed by atoms with van der Waals surface area (Å²) < 4.78 is 23.2. The van der Waals surface area contributed by atoms with Crippen LogP contribution in [0, 0.1) is 5.92 Å². The van der Waals surface area contributed by atoms with E-state index in [4.69, 9.17) is 0 Å². The van der Waals surface area contributed by atoms with Crippen molar-refractivity contribution < 1.29 is 8.42 Å². The van der Waals surface area contributed by atoms with E-state index in [2.05, 4.69) is 44.8 Å². The van der Waals surface area contributed by atoms with E-state index in [-0.39, 0.29) is 11.7 Å². The molecule has 0 amide bonds. The zero-order valence-electron chi connectivity index (χ0n) is 15.5. The molecule has 2 heterocycles. The highest BCUT2D eigenvalue weighted by Crippen LogP contribution is 2.24. The van der Waals surface area contributed by atoms with Gasteiger partial charge in [-0.3, -0.25) is 9.89 Å². The Bertz CT molecular complexity index is 700. The molecule has 26 heavy (non-hydrogen) atoms. The summed E-state index contributed by atoms with van der Waals surface area (Å²) in [5, 5.41) is 6.74. The van der Waals surface area contributed by atoms with Crippen LogP contribution in [0.1, 0.15) is 30.9 Å². The van der Waals surface area contributed by atoms with Gasteiger partial charge in [-0.1, -0.05) is 30.3 Å². The zero-order valence-corrected chi connectivity index (χ0v) is 16.3. The number of benzene rings is 1. The van der Waals surface area contributed by atoms with Gasteiger partial charge in [0, 0.05) is 20.1 Å². The molecule has 2 N–H and O–H groups in total. The standard InChI is InChI=1S/C19H30N4O2S/c1-20-19(21-13-16-9-12-26(24,25)15-16)22-14-18(23-10-5-6-11-23)17-7-3-2-4-8-17/h2-4,7-8,16,18H,5-6,9-15H2,1H3,(H2,20,21,22). The molecular formula is C19H30N4O2S. The fraction of sp³-hybridized carbons (Fsp3) is 0.632. The van der Waals surface area contributed by atoms with E-state index in [0.29, 0.717) is 18.3 Å². The summed E-state index contributed by atoms with van der Waals surface area (Å²) in [6.45, 7) is 3.70. The molecule has 2 atom stereocenters. The smallest absolute Gasteiger partial charge is 0.191 e. The predicted molar refractivity (Wildman–Crippen MR) is 106 cm³/mol. The number of nitrogens with one attached hydrogen (secondary N) is 2. The van der Waals surface area contributed by atoms with Crippen molar-refractivity contribution in [3.63, 3.8) is 0 Å². The first kappa shape index (κ1) is 19.2. The van der Waals surface area contributed by atoms with Crippen LogP contribution in [0.4, 0.5) is 0 Å². The second kappa shape index (κ2) is 8.86. The van der Waals surface area contributed by atoms with Crippen LogP contribution >= 0.6 is 0 Å². The Morgan fingerprint density at radius 2 is 1.96 bits per heavy atom. The van der Waals surface area contributed by atoms with Crippen molar-refractivity contribution in [1.29, 1.82) is 0 Å². The van der Waals surface area contributed by atoms with E-state index in [1.807, 2.05) is 6.07 Å². The molecule has 144 valence electrons. The third-order valence-electron chi connectivity index (χ3n) is 5.34. The van der Waals surface area contributed by atoms with Gasteiger partial charge in [-0.05, 0) is 43.8 Å². The average Bonchev–Trinajstić information content (AvgIpc) is 3.28. The fourth-order valence-electron chi connectivity index (χ4n) is 3.87. The minimum absolute atomic E-state index is 0.182. The maximum atomic E-state index is 11.6. The summed E-state index contributed by atoms with van der Waals surface area (Å²) in [6.07, 6.45) is 3.26. The van der Waals surface area contributed by atoms with Gasteiger partial charge in [0.25, 0.3) is 0 Å². The lowest BCUT2D eigenvalue weighted by Crippen LogP contribution is -2.44. The third kappa shape index (κ3) is 5.20. The number of rotatable bonds is 6. The molecule has 2 fully saturated rings. The molecule has 1 aromatic rings. The minimum atomic E-state index is -2.83. The minimum Gasteiger partial charge on any atom is -0.356 e. The van der Waals surface area contributed by atoms with Crippen molar-refractivity contribution in [3.05, 3.63) is 35.9 Å². The molecule has 0 bridgehead atoms. The molecule has 1 aromatic carbocycles. The zero-order chi connectivity index (χ0) is 18.4. The number of nitrogens with zero attached hydrogens (tertiary/aromatic N) is 2. The SMILES string of the molecule is CN=C(NCC1CCS(=O)(=O)C1)NCC(c1ccccc1)N1CCCC1. The van der Waals surface area contributed by atoms with Gasteiger partial charge in [0.05, 0.1) is 17.5 Å². The Morgan fingerprint density at radius 3 is 2.58 bits per heavy atom. The van der Waals surface area contributed by atoms with Crippen LogP contribution < -0.4 is 10.6 Å². The summed E-state index contributed by atoms with van der Waals surface area (Å²) in [6, 6.07) is 10.9. The number of hydrogen-bond donors (Lipinski definition) is 2. The highest BCUT2D eigenvalue weighted by Gasteiger charge is 2.28. The molecule has 0 aromatic heterocycles. The van der Waals surface area contributed by atoms with Gasteiger partial charge < -0.3 is 10.6 Å². The van der Waals surface area contributed by atoms with Gasteiger partial charge in [0.15, 0.2) is 15.8 Å². The number of likely N-dealkylation sites (tertiary alicyclic amines) is 1. The van der Waals surface area contributed by atoms with E-state index in [0.717, 1.165) is 32.0 Å². The van der Waals surface area contributed by atoms with Crippen LogP contribution in [0.25, 0.3) is 0 Å². The number of aliphatic imine (C=N–C) groups is 1. The second-order valence-corrected chi connectivity index (χ2v) is 9.50. The maximum Gasteiger partial charge on any atom is 0.191 e. The van der Waals surface area contributed by atoms with Gasteiger partial charge in [-0.2, -0.15) is 0 Å². The monoisotopic (exact) mass is 378 g/mol. The normalized spacial score (nSPS) is 24.5. The topological polar surface area (TPSA) is 73.8 Å². The number of guanidine groups is 1. The second-order valence-electron chi connectivity index (χ2n) is 7.27. The summed E-state index contributed by atoms with van der Waals surface area (Å²) in [5.74, 6) is 1.53. The molecule has 3 rings (SSSR count). The lowest BCUT2D eigenvalue weighted by Gasteiger charge is -2.29. The van der Waals surface area contributed by atoms with Gasteiger partial charge in [-0.25, -0.2) is 8.42 Å². The van der Waals surface area contributed by atoms with E-state index in [9.17, 15) is 8.42 Å². The van der Waals surface area contributed by atoms with Crippen LogP contribution in [0.5, 0.6) is 0 Å². The van der Waals surface area contributed by atoms with Crippen LogP contribution in [0.3, 0.4) is 0 Å². The Kier molecular flexibility index (Phi) is 6.53. The molecule has 0 saturated carbocycles. The van der Waals surface area contributed by atoms with Crippen LogP contribution in [0.2, 0.25) is 0 Å². The highest BCUT2D eigenvalue weighted by atomic mass is 32.2. The average molecular weight is 379 g/mol. The molecule has 7 heteroatoms. The van der Waals surface area contributed by atoms with Crippen molar-refractivity contribution in [2.75, 3.05) is 44.7 Å². The fourth-order valence-corrected chi connectivity index (χ4v) is 5.74. The molecule has 2 aliphatic rings. The van der Waals surface area contributed by atoms with Crippen molar-refractivity contribution in [2.24, 2.45) is 10.9 Å². The van der Waals surface area contributed by atoms with Crippen molar-refractivity contribution in [1.82, 2.24) is 15.5 Å². The Balaban J connectivity index is 1.55. The summed E-state index contributed by atoms with van der Waals surface area (Å²) in [7, 11) is -1.07. The Labute approximate surface area is 157 Å². The number of hydrogen-bond acceptors (Lipinski definition) is 4. The Morgan fingerprint density at radius 1 is 1.23 bits per heavy atom. The molecule has 2 saturated heterocycles. The lowest BCUT2D eigenvalue weighted by molar-refractivity contribution is 0.245. The van der Waals surface area contributed by atoms with E-state index >= 15 is 0 Å². The van der Waals surface area contributed by atoms with Gasteiger partial charge in [-0.15, -0.1) is 0 Å². The van der Waals surface area contributed by atoms with Crippen LogP contribution in [-0.2, 0) is 9.84 Å². The molecule has 0 spiro atoms. The van der Waals surface area contributed by atoms with Crippen LogP contribution in [-0.4, -0.2) is 64.0 Å². The van der Waals surface area contributed by atoms with E-state index in [1.54, 1.807) is 7.05 Å². The maximum absolute atomic E-state index is 11.6. The van der Waals surface area contributed by atoms with E-state index in [1.165, 1.54) is 18.4 Å². The highest BCUT2D eigenvalue weighted by molar-refractivity contribution is 7.91. The molecular weight excluding hydrogens is 348 g/mol. The first-order valence-electron chi connectivity index (χ1n) is 9.51. The van der Waals surface area contributed by atoms with Crippen molar-refractivity contribution in [2.45, 2.75) is 25.3 Å². The van der Waals surface area contributed by atoms with Crippen LogP contribution in [0.15, 0.2) is 35.3 Å². The third-order valence-corrected chi connectivity index (χ3v) is 7.17. The van der Waals surface area contributed by atoms with Gasteiger partial charge >= 0.3 is 0 Å². The summed E-state index contributed by atoms with van der Waals surface area (Å²) in [4.78, 5) is 6.83.